The van der Waals surface area contributed by atoms with E-state index in [2.05, 4.69) is 13.0 Å². The molecule has 3 nitrogen and oxygen atoms in total. The van der Waals surface area contributed by atoms with Gasteiger partial charge in [0.15, 0.2) is 0 Å². The molecule has 0 fully saturated rings. The van der Waals surface area contributed by atoms with Crippen LogP contribution in [0.25, 0.3) is 0 Å². The lowest BCUT2D eigenvalue weighted by atomic mass is 9.89. The molecule has 0 aliphatic heterocycles. The number of hydrogen-bond donors (Lipinski definition) is 1. The number of rotatable bonds is 4. The summed E-state index contributed by atoms with van der Waals surface area (Å²) >= 11 is 0. The van der Waals surface area contributed by atoms with Crippen molar-refractivity contribution in [3.05, 3.63) is 34.9 Å². The van der Waals surface area contributed by atoms with Crippen LogP contribution >= 0.6 is 0 Å². The van der Waals surface area contributed by atoms with Gasteiger partial charge in [0.1, 0.15) is 0 Å². The Balaban J connectivity index is 0.000000361. The van der Waals surface area contributed by atoms with Crippen LogP contribution in [0.4, 0.5) is 0 Å². The molecule has 20 heavy (non-hydrogen) atoms. The van der Waals surface area contributed by atoms with E-state index in [1.807, 2.05) is 46.8 Å². The number of hydrogen-bond acceptors (Lipinski definition) is 3. The van der Waals surface area contributed by atoms with E-state index in [-0.39, 0.29) is 17.8 Å². The second-order valence-corrected chi connectivity index (χ2v) is 5.95. The Morgan fingerprint density at radius 2 is 1.40 bits per heavy atom. The van der Waals surface area contributed by atoms with Gasteiger partial charge in [0.05, 0.1) is 17.8 Å². The molecule has 0 amide bonds. The molecule has 0 unspecified atom stereocenters. The average molecular weight is 282 g/mol. The van der Waals surface area contributed by atoms with E-state index in [1.165, 1.54) is 11.1 Å². The number of benzene rings is 1. The van der Waals surface area contributed by atoms with Gasteiger partial charge < -0.3 is 14.6 Å². The third-order valence-electron chi connectivity index (χ3n) is 4.36. The maximum atomic E-state index is 8.84. The highest BCUT2D eigenvalue weighted by molar-refractivity contribution is 5.32. The van der Waals surface area contributed by atoms with Gasteiger partial charge in [-0.15, -0.1) is 0 Å². The normalized spacial score (nSPS) is 11.8. The number of aliphatic hydroxyl groups excluding tert-OH is 1. The minimum absolute atomic E-state index is 0.146. The second kappa shape index (κ2) is 7.77. The molecular formula is C17H30O3. The van der Waals surface area contributed by atoms with Crippen molar-refractivity contribution < 1.29 is 14.6 Å². The van der Waals surface area contributed by atoms with Crippen LogP contribution in [0.5, 0.6) is 0 Å². The van der Waals surface area contributed by atoms with Crippen molar-refractivity contribution >= 4 is 0 Å². The summed E-state index contributed by atoms with van der Waals surface area (Å²) in [7, 11) is 3.39. The molecule has 1 rings (SSSR count). The first kappa shape index (κ1) is 19.1. The summed E-state index contributed by atoms with van der Waals surface area (Å²) in [6.45, 7) is 12.3. The van der Waals surface area contributed by atoms with Crippen LogP contribution in [-0.4, -0.2) is 30.5 Å². The summed E-state index contributed by atoms with van der Waals surface area (Å²) < 4.78 is 10.5. The molecule has 0 saturated heterocycles. The number of aryl methyl sites for hydroxylation is 1. The minimum Gasteiger partial charge on any atom is -0.392 e. The molecule has 116 valence electrons. The fraction of sp³-hybridized carbons (Fsp3) is 0.647. The summed E-state index contributed by atoms with van der Waals surface area (Å²) in [4.78, 5) is 0. The highest BCUT2D eigenvalue weighted by Crippen LogP contribution is 2.27. The molecule has 0 aliphatic carbocycles. The molecule has 0 aliphatic rings. The van der Waals surface area contributed by atoms with E-state index in [9.17, 15) is 0 Å². The highest BCUT2D eigenvalue weighted by Gasteiger charge is 2.36. The predicted octanol–water partition coefficient (Wildman–Crippen LogP) is 3.63. The van der Waals surface area contributed by atoms with Gasteiger partial charge in [-0.05, 0) is 58.2 Å². The van der Waals surface area contributed by atoms with Gasteiger partial charge in [-0.1, -0.05) is 18.2 Å². The lowest BCUT2D eigenvalue weighted by Crippen LogP contribution is -2.48. The summed E-state index contributed by atoms with van der Waals surface area (Å²) in [5, 5.41) is 8.84. The zero-order valence-corrected chi connectivity index (χ0v) is 14.2. The maximum Gasteiger partial charge on any atom is 0.0905 e. The van der Waals surface area contributed by atoms with E-state index in [0.717, 1.165) is 5.56 Å². The van der Waals surface area contributed by atoms with Crippen LogP contribution in [0.15, 0.2) is 18.2 Å². The Kier molecular flexibility index (Phi) is 7.42. The number of aliphatic hydroxyl groups is 1. The topological polar surface area (TPSA) is 38.7 Å². The summed E-state index contributed by atoms with van der Waals surface area (Å²) in [5.41, 5.74) is 3.00. The Bertz CT molecular complexity index is 395. The van der Waals surface area contributed by atoms with Crippen molar-refractivity contribution in [2.24, 2.45) is 0 Å². The molecule has 1 aromatic rings. The van der Waals surface area contributed by atoms with E-state index in [0.29, 0.717) is 0 Å². The highest BCUT2D eigenvalue weighted by atomic mass is 16.5. The third-order valence-corrected chi connectivity index (χ3v) is 4.36. The average Bonchev–Trinajstić information content (AvgIpc) is 2.42. The zero-order chi connectivity index (χ0) is 16.0. The lowest BCUT2D eigenvalue weighted by Gasteiger charge is -2.38. The molecule has 0 heterocycles. The van der Waals surface area contributed by atoms with Crippen molar-refractivity contribution in [3.63, 3.8) is 0 Å². The second-order valence-electron chi connectivity index (χ2n) is 5.95. The Hall–Kier alpha value is -0.900. The standard InChI is InChI=1S/C9H12O.C8H18O2/c1-7-4-3-5-9(6-10)8(7)2;1-7(2,9-5)8(3,4)10-6/h3-5,10H,6H2,1-2H3;1-6H3. The molecule has 0 spiro atoms. The quantitative estimate of drug-likeness (QED) is 0.916. The van der Waals surface area contributed by atoms with Gasteiger partial charge in [-0.3, -0.25) is 0 Å². The van der Waals surface area contributed by atoms with Crippen molar-refractivity contribution in [3.8, 4) is 0 Å². The number of methoxy groups -OCH3 is 2. The van der Waals surface area contributed by atoms with Crippen LogP contribution < -0.4 is 0 Å². The van der Waals surface area contributed by atoms with E-state index in [4.69, 9.17) is 14.6 Å². The molecule has 0 atom stereocenters. The predicted molar refractivity (Wildman–Crippen MR) is 84.0 cm³/mol. The fourth-order valence-electron chi connectivity index (χ4n) is 1.47. The molecule has 0 saturated carbocycles. The van der Waals surface area contributed by atoms with Crippen LogP contribution in [0.2, 0.25) is 0 Å². The molecular weight excluding hydrogens is 252 g/mol. The Morgan fingerprint density at radius 1 is 0.950 bits per heavy atom. The summed E-state index contributed by atoms with van der Waals surface area (Å²) in [6.07, 6.45) is 0. The zero-order valence-electron chi connectivity index (χ0n) is 14.2. The van der Waals surface area contributed by atoms with Crippen LogP contribution in [0, 0.1) is 13.8 Å². The maximum absolute atomic E-state index is 8.84. The van der Waals surface area contributed by atoms with E-state index >= 15 is 0 Å². The molecule has 0 aromatic heterocycles. The van der Waals surface area contributed by atoms with Gasteiger partial charge in [-0.25, -0.2) is 0 Å². The SMILES string of the molecule is COC(C)(C)C(C)(C)OC.Cc1cccc(CO)c1C. The van der Waals surface area contributed by atoms with Gasteiger partial charge in [0.2, 0.25) is 0 Å². The minimum atomic E-state index is -0.234. The largest absolute Gasteiger partial charge is 0.392 e. The van der Waals surface area contributed by atoms with Crippen LogP contribution in [-0.2, 0) is 16.1 Å². The lowest BCUT2D eigenvalue weighted by molar-refractivity contribution is -0.147. The Morgan fingerprint density at radius 3 is 1.70 bits per heavy atom. The van der Waals surface area contributed by atoms with E-state index < -0.39 is 0 Å². The summed E-state index contributed by atoms with van der Waals surface area (Å²) in [5.74, 6) is 0. The molecule has 1 N–H and O–H groups in total. The molecule has 1 aromatic carbocycles. The first-order valence-electron chi connectivity index (χ1n) is 6.89. The van der Waals surface area contributed by atoms with Crippen LogP contribution in [0.1, 0.15) is 44.4 Å². The number of ether oxygens (including phenoxy) is 2. The van der Waals surface area contributed by atoms with Crippen molar-refractivity contribution in [2.45, 2.75) is 59.4 Å². The summed E-state index contributed by atoms with van der Waals surface area (Å²) in [6, 6.07) is 5.96. The first-order valence-corrected chi connectivity index (χ1v) is 6.89. The van der Waals surface area contributed by atoms with Crippen molar-refractivity contribution in [1.82, 2.24) is 0 Å². The van der Waals surface area contributed by atoms with Gasteiger partial charge in [-0.2, -0.15) is 0 Å². The van der Waals surface area contributed by atoms with Gasteiger partial charge >= 0.3 is 0 Å². The van der Waals surface area contributed by atoms with E-state index in [1.54, 1.807) is 14.2 Å². The third kappa shape index (κ3) is 4.89. The van der Waals surface area contributed by atoms with Crippen molar-refractivity contribution in [1.29, 1.82) is 0 Å². The van der Waals surface area contributed by atoms with Crippen molar-refractivity contribution in [2.75, 3.05) is 14.2 Å². The Labute approximate surface area is 123 Å². The molecule has 3 heteroatoms. The van der Waals surface area contributed by atoms with Crippen LogP contribution in [0.3, 0.4) is 0 Å². The molecule has 0 radical (unpaired) electrons. The van der Waals surface area contributed by atoms with Gasteiger partial charge in [0, 0.05) is 14.2 Å². The smallest absolute Gasteiger partial charge is 0.0905 e. The molecule has 0 bridgehead atoms. The van der Waals surface area contributed by atoms with Gasteiger partial charge in [0.25, 0.3) is 0 Å². The monoisotopic (exact) mass is 282 g/mol. The first-order chi connectivity index (χ1) is 9.12. The fourth-order valence-corrected chi connectivity index (χ4v) is 1.47.